The van der Waals surface area contributed by atoms with Crippen LogP contribution in [0.5, 0.6) is 0 Å². The van der Waals surface area contributed by atoms with E-state index in [0.717, 1.165) is 22.3 Å². The molecule has 0 spiro atoms. The van der Waals surface area contributed by atoms with Crippen molar-refractivity contribution in [2.24, 2.45) is 0 Å². The van der Waals surface area contributed by atoms with Crippen LogP contribution in [-0.4, -0.2) is 33.9 Å². The van der Waals surface area contributed by atoms with Gasteiger partial charge >= 0.3 is 0 Å². The third kappa shape index (κ3) is 4.99. The molecule has 5 nitrogen and oxygen atoms in total. The smallest absolute Gasteiger partial charge is 0.230 e. The van der Waals surface area contributed by atoms with Crippen molar-refractivity contribution in [3.8, 4) is 0 Å². The minimum absolute atomic E-state index is 0.102. The maximum absolute atomic E-state index is 11.8. The number of hydrogen-bond acceptors (Lipinski definition) is 6. The van der Waals surface area contributed by atoms with Crippen LogP contribution in [0.15, 0.2) is 4.34 Å². The predicted molar refractivity (Wildman–Crippen MR) is 79.8 cm³/mol. The van der Waals surface area contributed by atoms with Crippen molar-refractivity contribution in [2.45, 2.75) is 56.0 Å². The standard InChI is InChI=1S/C12H20N4OS2/c1-8(2)13-11-15-16-12(19-11)18-7-10(17)14-9-5-3-4-6-9/h8-9H,3-7H2,1-2H3,(H,13,15)(H,14,17). The van der Waals surface area contributed by atoms with Crippen LogP contribution >= 0.6 is 23.1 Å². The maximum atomic E-state index is 11.8. The zero-order valence-electron chi connectivity index (χ0n) is 11.3. The molecule has 106 valence electrons. The lowest BCUT2D eigenvalue weighted by Crippen LogP contribution is -2.33. The third-order valence-electron chi connectivity index (χ3n) is 2.87. The van der Waals surface area contributed by atoms with Crippen molar-refractivity contribution >= 4 is 34.1 Å². The third-order valence-corrected chi connectivity index (χ3v) is 4.85. The second-order valence-electron chi connectivity index (χ2n) is 5.01. The highest BCUT2D eigenvalue weighted by Crippen LogP contribution is 2.26. The number of hydrogen-bond donors (Lipinski definition) is 2. The van der Waals surface area contributed by atoms with Gasteiger partial charge in [-0.2, -0.15) is 0 Å². The van der Waals surface area contributed by atoms with Crippen LogP contribution in [0.2, 0.25) is 0 Å². The number of carbonyl (C=O) groups excluding carboxylic acids is 1. The van der Waals surface area contributed by atoms with Crippen LogP contribution in [-0.2, 0) is 4.79 Å². The summed E-state index contributed by atoms with van der Waals surface area (Å²) < 4.78 is 0.838. The van der Waals surface area contributed by atoms with E-state index in [9.17, 15) is 4.79 Å². The average Bonchev–Trinajstić information content (AvgIpc) is 2.97. The molecule has 0 atom stereocenters. The molecule has 0 aliphatic heterocycles. The number of carbonyl (C=O) groups is 1. The highest BCUT2D eigenvalue weighted by molar-refractivity contribution is 8.01. The molecule has 1 aromatic rings. The number of aromatic nitrogens is 2. The van der Waals surface area contributed by atoms with E-state index in [2.05, 4.69) is 34.7 Å². The molecule has 0 saturated heterocycles. The second-order valence-corrected chi connectivity index (χ2v) is 7.21. The summed E-state index contributed by atoms with van der Waals surface area (Å²) in [6, 6.07) is 0.733. The van der Waals surface area contributed by atoms with Gasteiger partial charge in [0.2, 0.25) is 11.0 Å². The van der Waals surface area contributed by atoms with Crippen molar-refractivity contribution in [3.63, 3.8) is 0 Å². The number of rotatable bonds is 6. The molecule has 1 amide bonds. The Morgan fingerprint density at radius 2 is 2.16 bits per heavy atom. The molecule has 0 aromatic carbocycles. The Bertz CT molecular complexity index is 416. The van der Waals surface area contributed by atoms with Gasteiger partial charge in [0.05, 0.1) is 5.75 Å². The fourth-order valence-electron chi connectivity index (χ4n) is 2.04. The van der Waals surface area contributed by atoms with Gasteiger partial charge < -0.3 is 10.6 Å². The van der Waals surface area contributed by atoms with E-state index in [4.69, 9.17) is 0 Å². The Morgan fingerprint density at radius 1 is 1.42 bits per heavy atom. The topological polar surface area (TPSA) is 66.9 Å². The molecule has 0 bridgehead atoms. The van der Waals surface area contributed by atoms with E-state index in [0.29, 0.717) is 17.8 Å². The Hall–Kier alpha value is -0.820. The monoisotopic (exact) mass is 300 g/mol. The first-order valence-corrected chi connectivity index (χ1v) is 8.46. The molecule has 1 aromatic heterocycles. The average molecular weight is 300 g/mol. The number of thioether (sulfide) groups is 1. The van der Waals surface area contributed by atoms with E-state index in [1.807, 2.05) is 0 Å². The van der Waals surface area contributed by atoms with Gasteiger partial charge in [-0.05, 0) is 26.7 Å². The summed E-state index contributed by atoms with van der Waals surface area (Å²) in [4.78, 5) is 11.8. The summed E-state index contributed by atoms with van der Waals surface area (Å²) in [6.45, 7) is 4.12. The first-order chi connectivity index (χ1) is 9.13. The molecule has 0 unspecified atom stereocenters. The number of amides is 1. The summed E-state index contributed by atoms with van der Waals surface area (Å²) in [7, 11) is 0. The van der Waals surface area contributed by atoms with Gasteiger partial charge in [0.1, 0.15) is 0 Å². The Labute approximate surface area is 122 Å². The Kier molecular flexibility index (Phi) is 5.45. The SMILES string of the molecule is CC(C)Nc1nnc(SCC(=O)NC2CCCC2)s1. The first kappa shape index (κ1) is 14.6. The predicted octanol–water partition coefficient (Wildman–Crippen LogP) is 2.51. The van der Waals surface area contributed by atoms with Gasteiger partial charge in [-0.25, -0.2) is 0 Å². The molecule has 2 rings (SSSR count). The van der Waals surface area contributed by atoms with E-state index in [1.54, 1.807) is 0 Å². The van der Waals surface area contributed by atoms with E-state index in [1.165, 1.54) is 35.9 Å². The number of nitrogens with one attached hydrogen (secondary N) is 2. The zero-order valence-corrected chi connectivity index (χ0v) is 12.9. The fourth-order valence-corrected chi connectivity index (χ4v) is 3.75. The highest BCUT2D eigenvalue weighted by Gasteiger charge is 2.17. The molecule has 1 saturated carbocycles. The van der Waals surface area contributed by atoms with Crippen LogP contribution in [0.4, 0.5) is 5.13 Å². The second kappa shape index (κ2) is 7.09. The number of anilines is 1. The van der Waals surface area contributed by atoms with Crippen molar-refractivity contribution in [2.75, 3.05) is 11.1 Å². The molecular weight excluding hydrogens is 280 g/mol. The van der Waals surface area contributed by atoms with Crippen molar-refractivity contribution in [1.29, 1.82) is 0 Å². The summed E-state index contributed by atoms with van der Waals surface area (Å²) in [5.41, 5.74) is 0. The maximum Gasteiger partial charge on any atom is 0.230 e. The quantitative estimate of drug-likeness (QED) is 0.790. The lowest BCUT2D eigenvalue weighted by atomic mass is 10.2. The van der Waals surface area contributed by atoms with Crippen LogP contribution in [0.3, 0.4) is 0 Å². The number of nitrogens with zero attached hydrogens (tertiary/aromatic N) is 2. The summed E-state index contributed by atoms with van der Waals surface area (Å²) >= 11 is 2.95. The molecule has 2 N–H and O–H groups in total. The first-order valence-electron chi connectivity index (χ1n) is 6.65. The largest absolute Gasteiger partial charge is 0.358 e. The van der Waals surface area contributed by atoms with Gasteiger partial charge in [0, 0.05) is 12.1 Å². The summed E-state index contributed by atoms with van der Waals surface area (Å²) in [5, 5.41) is 15.2. The van der Waals surface area contributed by atoms with E-state index < -0.39 is 0 Å². The van der Waals surface area contributed by atoms with E-state index in [-0.39, 0.29) is 5.91 Å². The van der Waals surface area contributed by atoms with Gasteiger partial charge in [0.15, 0.2) is 4.34 Å². The van der Waals surface area contributed by atoms with Crippen LogP contribution in [0.25, 0.3) is 0 Å². The van der Waals surface area contributed by atoms with Crippen molar-refractivity contribution < 1.29 is 4.79 Å². The van der Waals surface area contributed by atoms with Crippen LogP contribution in [0, 0.1) is 0 Å². The summed E-state index contributed by atoms with van der Waals surface area (Å²) in [5.74, 6) is 0.526. The zero-order chi connectivity index (χ0) is 13.7. The highest BCUT2D eigenvalue weighted by atomic mass is 32.2. The van der Waals surface area contributed by atoms with Gasteiger partial charge in [-0.1, -0.05) is 35.9 Å². The minimum atomic E-state index is 0.102. The molecule has 0 radical (unpaired) electrons. The van der Waals surface area contributed by atoms with Gasteiger partial charge in [0.25, 0.3) is 0 Å². The van der Waals surface area contributed by atoms with Gasteiger partial charge in [-0.15, -0.1) is 10.2 Å². The summed E-state index contributed by atoms with van der Waals surface area (Å²) in [6.07, 6.45) is 4.72. The molecule has 1 heterocycles. The Balaban J connectivity index is 1.72. The lowest BCUT2D eigenvalue weighted by molar-refractivity contribution is -0.119. The molecule has 7 heteroatoms. The van der Waals surface area contributed by atoms with Crippen molar-refractivity contribution in [3.05, 3.63) is 0 Å². The molecule has 1 aliphatic carbocycles. The lowest BCUT2D eigenvalue weighted by Gasteiger charge is -2.10. The van der Waals surface area contributed by atoms with Crippen molar-refractivity contribution in [1.82, 2.24) is 15.5 Å². The van der Waals surface area contributed by atoms with E-state index >= 15 is 0 Å². The molecular formula is C12H20N4OS2. The van der Waals surface area contributed by atoms with Crippen LogP contribution in [0.1, 0.15) is 39.5 Å². The minimum Gasteiger partial charge on any atom is -0.358 e. The Morgan fingerprint density at radius 3 is 2.84 bits per heavy atom. The van der Waals surface area contributed by atoms with Crippen LogP contribution < -0.4 is 10.6 Å². The molecule has 1 aliphatic rings. The molecule has 1 fully saturated rings. The molecule has 19 heavy (non-hydrogen) atoms. The fraction of sp³-hybridized carbons (Fsp3) is 0.750. The normalized spacial score (nSPS) is 15.9. The van der Waals surface area contributed by atoms with Gasteiger partial charge in [-0.3, -0.25) is 4.79 Å².